The van der Waals surface area contributed by atoms with Crippen LogP contribution in [0.4, 0.5) is 0 Å². The maximum absolute atomic E-state index is 11.8. The third kappa shape index (κ3) is 4.75. The highest BCUT2D eigenvalue weighted by atomic mass is 16.5. The van der Waals surface area contributed by atoms with Crippen LogP contribution >= 0.6 is 0 Å². The second-order valence-corrected chi connectivity index (χ2v) is 8.02. The van der Waals surface area contributed by atoms with Gasteiger partial charge in [-0.1, -0.05) is 36.4 Å². The Morgan fingerprint density at radius 1 is 0.781 bits per heavy atom. The molecule has 0 radical (unpaired) electrons. The molecule has 166 valence electrons. The quantitative estimate of drug-likeness (QED) is 0.279. The number of aryl methyl sites for hydroxylation is 2. The molecule has 0 bridgehead atoms. The van der Waals surface area contributed by atoms with Crippen molar-refractivity contribution >= 4 is 11.9 Å². The minimum atomic E-state index is -1.05. The van der Waals surface area contributed by atoms with E-state index in [0.29, 0.717) is 5.75 Å². The molecule has 0 aliphatic rings. The highest BCUT2D eigenvalue weighted by Crippen LogP contribution is 2.41. The molecule has 0 saturated carbocycles. The van der Waals surface area contributed by atoms with Gasteiger partial charge < -0.3 is 20.1 Å². The van der Waals surface area contributed by atoms with Crippen LogP contribution in [0, 0.1) is 13.8 Å². The molecular weight excluding hydrogens is 408 g/mol. The highest BCUT2D eigenvalue weighted by Gasteiger charge is 2.32. The van der Waals surface area contributed by atoms with Crippen molar-refractivity contribution in [2.45, 2.75) is 39.0 Å². The zero-order valence-corrected chi connectivity index (χ0v) is 18.3. The number of rotatable bonds is 7. The first-order valence-electron chi connectivity index (χ1n) is 10.2. The monoisotopic (exact) mass is 434 g/mol. The number of phenols is 2. The molecule has 0 aromatic heterocycles. The second kappa shape index (κ2) is 9.14. The lowest BCUT2D eigenvalue weighted by atomic mass is 9.70. The first-order chi connectivity index (χ1) is 15.1. The third-order valence-corrected chi connectivity index (χ3v) is 5.75. The van der Waals surface area contributed by atoms with Gasteiger partial charge in [-0.2, -0.15) is 0 Å². The van der Waals surface area contributed by atoms with Crippen LogP contribution in [0.15, 0.2) is 60.7 Å². The summed E-state index contributed by atoms with van der Waals surface area (Å²) >= 11 is 0. The number of carbonyl (C=O) groups excluding carboxylic acids is 1. The topological polar surface area (TPSA) is 104 Å². The van der Waals surface area contributed by atoms with E-state index in [0.717, 1.165) is 27.8 Å². The highest BCUT2D eigenvalue weighted by molar-refractivity contribution is 5.78. The lowest BCUT2D eigenvalue weighted by Gasteiger charge is -2.33. The van der Waals surface area contributed by atoms with Crippen molar-refractivity contribution in [3.63, 3.8) is 0 Å². The fourth-order valence-electron chi connectivity index (χ4n) is 3.68. The fourth-order valence-corrected chi connectivity index (χ4v) is 3.68. The number of carboxylic acid groups (broad SMARTS) is 1. The summed E-state index contributed by atoms with van der Waals surface area (Å²) in [5.41, 5.74) is 3.68. The van der Waals surface area contributed by atoms with Crippen molar-refractivity contribution in [2.24, 2.45) is 0 Å². The average molecular weight is 434 g/mol. The number of benzene rings is 3. The molecule has 0 aliphatic carbocycles. The first kappa shape index (κ1) is 22.9. The predicted octanol–water partition coefficient (Wildman–Crippen LogP) is 4.84. The molecule has 3 rings (SSSR count). The molecule has 6 heteroatoms. The number of ether oxygens (including phenoxy) is 1. The number of carbonyl (C=O) groups is 2. The lowest BCUT2D eigenvalue weighted by Crippen LogP contribution is -2.25. The maximum Gasteiger partial charge on any atom is 0.311 e. The first-order valence-corrected chi connectivity index (χ1v) is 10.2. The zero-order chi connectivity index (χ0) is 23.5. The van der Waals surface area contributed by atoms with Gasteiger partial charge in [0.2, 0.25) is 0 Å². The van der Waals surface area contributed by atoms with Crippen LogP contribution < -0.4 is 4.74 Å². The molecule has 32 heavy (non-hydrogen) atoms. The fraction of sp³-hybridized carbons (Fsp3) is 0.231. The van der Waals surface area contributed by atoms with E-state index in [2.05, 4.69) is 6.92 Å². The van der Waals surface area contributed by atoms with E-state index in [1.807, 2.05) is 50.2 Å². The Kier molecular flexibility index (Phi) is 6.53. The summed E-state index contributed by atoms with van der Waals surface area (Å²) in [4.78, 5) is 22.5. The summed E-state index contributed by atoms with van der Waals surface area (Å²) in [5.74, 6) is -0.911. The van der Waals surface area contributed by atoms with Crippen LogP contribution in [-0.4, -0.2) is 27.3 Å². The van der Waals surface area contributed by atoms with Crippen LogP contribution in [0.5, 0.6) is 17.2 Å². The van der Waals surface area contributed by atoms with Crippen molar-refractivity contribution in [1.29, 1.82) is 0 Å². The van der Waals surface area contributed by atoms with Crippen LogP contribution in [0.3, 0.4) is 0 Å². The number of hydrogen-bond acceptors (Lipinski definition) is 5. The molecule has 6 nitrogen and oxygen atoms in total. The van der Waals surface area contributed by atoms with Gasteiger partial charge in [-0.15, -0.1) is 0 Å². The van der Waals surface area contributed by atoms with E-state index in [4.69, 9.17) is 9.84 Å². The van der Waals surface area contributed by atoms with E-state index in [1.54, 1.807) is 24.3 Å². The molecule has 0 amide bonds. The van der Waals surface area contributed by atoms with Gasteiger partial charge >= 0.3 is 11.9 Å². The minimum Gasteiger partial charge on any atom is -0.508 e. The number of carboxylic acids is 1. The summed E-state index contributed by atoms with van der Waals surface area (Å²) in [6, 6.07) is 18.0. The van der Waals surface area contributed by atoms with Crippen molar-refractivity contribution in [3.05, 3.63) is 88.5 Å². The molecule has 0 atom stereocenters. The van der Waals surface area contributed by atoms with Crippen LogP contribution in [0.25, 0.3) is 0 Å². The number of esters is 1. The molecule has 3 aromatic carbocycles. The van der Waals surface area contributed by atoms with Crippen molar-refractivity contribution in [3.8, 4) is 17.2 Å². The van der Waals surface area contributed by atoms with Gasteiger partial charge in [0, 0.05) is 5.41 Å². The van der Waals surface area contributed by atoms with Crippen molar-refractivity contribution in [1.82, 2.24) is 0 Å². The van der Waals surface area contributed by atoms with Gasteiger partial charge in [0.05, 0.1) is 12.8 Å². The number of hydrogen-bond donors (Lipinski definition) is 3. The van der Waals surface area contributed by atoms with E-state index in [1.165, 1.54) is 0 Å². The Morgan fingerprint density at radius 3 is 1.69 bits per heavy atom. The minimum absolute atomic E-state index is 0.200. The third-order valence-electron chi connectivity index (χ3n) is 5.75. The largest absolute Gasteiger partial charge is 0.508 e. The predicted molar refractivity (Wildman–Crippen MR) is 120 cm³/mol. The molecule has 3 aromatic rings. The lowest BCUT2D eigenvalue weighted by molar-refractivity contribution is -0.142. The van der Waals surface area contributed by atoms with Gasteiger partial charge in [0.15, 0.2) is 0 Å². The number of aromatic hydroxyl groups is 2. The summed E-state index contributed by atoms with van der Waals surface area (Å²) in [6.45, 7) is 5.72. The summed E-state index contributed by atoms with van der Waals surface area (Å²) in [7, 11) is 0. The van der Waals surface area contributed by atoms with E-state index in [-0.39, 0.29) is 24.3 Å². The van der Waals surface area contributed by atoms with Gasteiger partial charge in [0.25, 0.3) is 0 Å². The van der Waals surface area contributed by atoms with Crippen molar-refractivity contribution in [2.75, 3.05) is 0 Å². The smallest absolute Gasteiger partial charge is 0.311 e. The number of phenolic OH excluding ortho intramolecular Hbond substituents is 2. The van der Waals surface area contributed by atoms with Gasteiger partial charge in [-0.3, -0.25) is 9.59 Å². The molecule has 0 saturated heterocycles. The van der Waals surface area contributed by atoms with Crippen LogP contribution in [0.2, 0.25) is 0 Å². The Bertz CT molecular complexity index is 1100. The maximum atomic E-state index is 11.8. The standard InChI is InChI=1S/C26H26O6/c1-16-14-19(6-10-22(16)27)26(3,20-7-11-23(28)17(2)15-20)18-4-8-21(9-5-18)32-25(31)13-12-24(29)30/h4-11,14-15,27-28H,12-13H2,1-3H3,(H,29,30). The van der Waals surface area contributed by atoms with Gasteiger partial charge in [-0.25, -0.2) is 0 Å². The Labute approximate surface area is 186 Å². The molecular formula is C26H26O6. The summed E-state index contributed by atoms with van der Waals surface area (Å²) in [5, 5.41) is 28.7. The molecule has 0 fully saturated rings. The molecule has 3 N–H and O–H groups in total. The second-order valence-electron chi connectivity index (χ2n) is 8.02. The average Bonchev–Trinajstić information content (AvgIpc) is 2.76. The van der Waals surface area contributed by atoms with Crippen LogP contribution in [-0.2, 0) is 15.0 Å². The van der Waals surface area contributed by atoms with Gasteiger partial charge in [-0.05, 0) is 72.9 Å². The molecule has 0 unspecified atom stereocenters. The van der Waals surface area contributed by atoms with E-state index in [9.17, 15) is 19.8 Å². The summed E-state index contributed by atoms with van der Waals surface area (Å²) < 4.78 is 5.25. The van der Waals surface area contributed by atoms with Gasteiger partial charge in [0.1, 0.15) is 17.2 Å². The normalized spacial score (nSPS) is 11.2. The number of aliphatic carboxylic acids is 1. The zero-order valence-electron chi connectivity index (χ0n) is 18.3. The Morgan fingerprint density at radius 2 is 1.25 bits per heavy atom. The molecule has 0 aliphatic heterocycles. The summed E-state index contributed by atoms with van der Waals surface area (Å²) in [6.07, 6.45) is -0.482. The Balaban J connectivity index is 2.02. The van der Waals surface area contributed by atoms with Crippen molar-refractivity contribution < 1.29 is 29.6 Å². The van der Waals surface area contributed by atoms with Crippen LogP contribution in [0.1, 0.15) is 47.6 Å². The van der Waals surface area contributed by atoms with E-state index < -0.39 is 17.4 Å². The molecule has 0 heterocycles. The molecule has 0 spiro atoms. The SMILES string of the molecule is Cc1cc(C(C)(c2ccc(OC(=O)CCC(=O)O)cc2)c2ccc(O)c(C)c2)ccc1O. The Hall–Kier alpha value is -3.80. The van der Waals surface area contributed by atoms with E-state index >= 15 is 0 Å².